The Balaban J connectivity index is 2.58. The van der Waals surface area contributed by atoms with Crippen molar-refractivity contribution in [2.24, 2.45) is 0 Å². The second-order valence-corrected chi connectivity index (χ2v) is 4.13. The lowest BCUT2D eigenvalue weighted by atomic mass is 9.98. The lowest BCUT2D eigenvalue weighted by Crippen LogP contribution is -2.55. The summed E-state index contributed by atoms with van der Waals surface area (Å²) in [5, 5.41) is 14.6. The van der Waals surface area contributed by atoms with E-state index in [9.17, 15) is 9.59 Å². The first-order valence-corrected chi connectivity index (χ1v) is 5.28. The molecule has 15 heavy (non-hydrogen) atoms. The molecule has 0 saturated carbocycles. The van der Waals surface area contributed by atoms with Gasteiger partial charge in [0.2, 0.25) is 5.91 Å². The summed E-state index contributed by atoms with van der Waals surface area (Å²) in [5.41, 5.74) is -1.15. The van der Waals surface area contributed by atoms with Crippen LogP contribution in [0.1, 0.15) is 33.1 Å². The normalized spacial score (nSPS) is 24.5. The maximum absolute atomic E-state index is 11.7. The van der Waals surface area contributed by atoms with Gasteiger partial charge in [-0.2, -0.15) is 0 Å². The molecular formula is C10H18N2O3. The molecule has 1 saturated heterocycles. The van der Waals surface area contributed by atoms with Gasteiger partial charge in [-0.3, -0.25) is 4.79 Å². The highest BCUT2D eigenvalue weighted by molar-refractivity contribution is 5.89. The molecule has 86 valence electrons. The fourth-order valence-electron chi connectivity index (χ4n) is 1.56. The summed E-state index contributed by atoms with van der Waals surface area (Å²) in [5.74, 6) is -1.20. The van der Waals surface area contributed by atoms with E-state index in [0.29, 0.717) is 6.42 Å². The molecule has 0 aliphatic carbocycles. The van der Waals surface area contributed by atoms with Crippen LogP contribution in [0.3, 0.4) is 0 Å². The standard InChI is InChI=1S/C10H18N2O3/c1-3-10(2,9(14)15)12-8(13)7-5-4-6-11-7/h7,11H,3-6H2,1-2H3,(H,12,13)(H,14,15)/t7-,10?/m0/s1. The maximum Gasteiger partial charge on any atom is 0.329 e. The average Bonchev–Trinajstić information content (AvgIpc) is 2.70. The molecule has 1 fully saturated rings. The summed E-state index contributed by atoms with van der Waals surface area (Å²) in [4.78, 5) is 22.7. The lowest BCUT2D eigenvalue weighted by molar-refractivity contribution is -0.147. The van der Waals surface area contributed by atoms with Crippen molar-refractivity contribution in [1.82, 2.24) is 10.6 Å². The number of rotatable bonds is 4. The molecule has 1 aliphatic rings. The van der Waals surface area contributed by atoms with Gasteiger partial charge in [0, 0.05) is 0 Å². The highest BCUT2D eigenvalue weighted by Crippen LogP contribution is 2.12. The molecule has 5 heteroatoms. The number of carboxylic acids is 1. The summed E-state index contributed by atoms with van der Waals surface area (Å²) < 4.78 is 0. The van der Waals surface area contributed by atoms with Crippen molar-refractivity contribution in [3.8, 4) is 0 Å². The molecule has 5 nitrogen and oxygen atoms in total. The fourth-order valence-corrected chi connectivity index (χ4v) is 1.56. The minimum atomic E-state index is -1.15. The van der Waals surface area contributed by atoms with E-state index >= 15 is 0 Å². The Labute approximate surface area is 89.2 Å². The zero-order valence-electron chi connectivity index (χ0n) is 9.17. The van der Waals surface area contributed by atoms with E-state index in [1.807, 2.05) is 0 Å². The smallest absolute Gasteiger partial charge is 0.329 e. The zero-order chi connectivity index (χ0) is 11.5. The molecule has 1 rings (SSSR count). The van der Waals surface area contributed by atoms with Crippen LogP contribution in [0.2, 0.25) is 0 Å². The molecule has 1 unspecified atom stereocenters. The lowest BCUT2D eigenvalue weighted by Gasteiger charge is -2.26. The first kappa shape index (κ1) is 12.0. The van der Waals surface area contributed by atoms with E-state index in [4.69, 9.17) is 5.11 Å². The van der Waals surface area contributed by atoms with Gasteiger partial charge in [-0.15, -0.1) is 0 Å². The largest absolute Gasteiger partial charge is 0.480 e. The van der Waals surface area contributed by atoms with Crippen LogP contribution in [0.25, 0.3) is 0 Å². The zero-order valence-corrected chi connectivity index (χ0v) is 9.17. The third-order valence-corrected chi connectivity index (χ3v) is 2.96. The predicted molar refractivity (Wildman–Crippen MR) is 55.5 cm³/mol. The number of carbonyl (C=O) groups excluding carboxylic acids is 1. The Morgan fingerprint density at radius 3 is 2.67 bits per heavy atom. The van der Waals surface area contributed by atoms with Crippen LogP contribution in [0, 0.1) is 0 Å². The third kappa shape index (κ3) is 2.68. The van der Waals surface area contributed by atoms with Crippen molar-refractivity contribution in [3.63, 3.8) is 0 Å². The number of amides is 1. The highest BCUT2D eigenvalue weighted by atomic mass is 16.4. The molecule has 3 N–H and O–H groups in total. The van der Waals surface area contributed by atoms with Crippen LogP contribution in [0.5, 0.6) is 0 Å². The highest BCUT2D eigenvalue weighted by Gasteiger charge is 2.35. The van der Waals surface area contributed by atoms with Gasteiger partial charge in [-0.25, -0.2) is 4.79 Å². The number of hydrogen-bond donors (Lipinski definition) is 3. The Hall–Kier alpha value is -1.10. The summed E-state index contributed by atoms with van der Waals surface area (Å²) in [6.45, 7) is 4.10. The molecule has 0 radical (unpaired) electrons. The number of hydrogen-bond acceptors (Lipinski definition) is 3. The molecule has 0 spiro atoms. The molecule has 0 bridgehead atoms. The number of carbonyl (C=O) groups is 2. The first-order chi connectivity index (χ1) is 6.99. The number of carboxylic acid groups (broad SMARTS) is 1. The van der Waals surface area contributed by atoms with Gasteiger partial charge >= 0.3 is 5.97 Å². The van der Waals surface area contributed by atoms with E-state index in [0.717, 1.165) is 19.4 Å². The Bertz CT molecular complexity index is 261. The van der Waals surface area contributed by atoms with E-state index in [1.165, 1.54) is 6.92 Å². The minimum Gasteiger partial charge on any atom is -0.480 e. The van der Waals surface area contributed by atoms with Crippen LogP contribution in [-0.4, -0.2) is 35.1 Å². The van der Waals surface area contributed by atoms with Gasteiger partial charge in [0.05, 0.1) is 6.04 Å². The van der Waals surface area contributed by atoms with E-state index in [-0.39, 0.29) is 11.9 Å². The SMILES string of the molecule is CCC(C)(NC(=O)[C@@H]1CCCN1)C(=O)O. The van der Waals surface area contributed by atoms with Crippen molar-refractivity contribution in [2.75, 3.05) is 6.54 Å². The molecule has 1 aliphatic heterocycles. The predicted octanol–water partition coefficient (Wildman–Crippen LogP) is 0.108. The topological polar surface area (TPSA) is 78.4 Å². The Morgan fingerprint density at radius 1 is 1.60 bits per heavy atom. The molecule has 1 amide bonds. The number of aliphatic carboxylic acids is 1. The second-order valence-electron chi connectivity index (χ2n) is 4.13. The van der Waals surface area contributed by atoms with Gasteiger partial charge in [-0.05, 0) is 32.7 Å². The third-order valence-electron chi connectivity index (χ3n) is 2.96. The summed E-state index contributed by atoms with van der Waals surface area (Å²) in [7, 11) is 0. The van der Waals surface area contributed by atoms with Crippen LogP contribution in [0.15, 0.2) is 0 Å². The van der Waals surface area contributed by atoms with Crippen molar-refractivity contribution in [3.05, 3.63) is 0 Å². The van der Waals surface area contributed by atoms with Crippen molar-refractivity contribution in [1.29, 1.82) is 0 Å². The van der Waals surface area contributed by atoms with Gasteiger partial charge in [-0.1, -0.05) is 6.92 Å². The van der Waals surface area contributed by atoms with Gasteiger partial charge in [0.15, 0.2) is 0 Å². The minimum absolute atomic E-state index is 0.209. The van der Waals surface area contributed by atoms with Crippen molar-refractivity contribution >= 4 is 11.9 Å². The van der Waals surface area contributed by atoms with Gasteiger partial charge in [0.1, 0.15) is 5.54 Å². The molecule has 0 aromatic carbocycles. The average molecular weight is 214 g/mol. The Morgan fingerprint density at radius 2 is 2.27 bits per heavy atom. The molecule has 1 heterocycles. The van der Waals surface area contributed by atoms with Gasteiger partial charge < -0.3 is 15.7 Å². The molecule has 0 aromatic heterocycles. The quantitative estimate of drug-likeness (QED) is 0.620. The molecule has 2 atom stereocenters. The van der Waals surface area contributed by atoms with Crippen LogP contribution in [-0.2, 0) is 9.59 Å². The fraction of sp³-hybridized carbons (Fsp3) is 0.800. The van der Waals surface area contributed by atoms with Crippen molar-refractivity contribution in [2.45, 2.75) is 44.7 Å². The number of nitrogens with one attached hydrogen (secondary N) is 2. The summed E-state index contributed by atoms with van der Waals surface area (Å²) >= 11 is 0. The summed E-state index contributed by atoms with van der Waals surface area (Å²) in [6, 6.07) is -0.227. The van der Waals surface area contributed by atoms with Crippen LogP contribution >= 0.6 is 0 Å². The van der Waals surface area contributed by atoms with E-state index < -0.39 is 11.5 Å². The van der Waals surface area contributed by atoms with Crippen molar-refractivity contribution < 1.29 is 14.7 Å². The maximum atomic E-state index is 11.7. The molecule has 0 aromatic rings. The van der Waals surface area contributed by atoms with E-state index in [1.54, 1.807) is 6.92 Å². The monoisotopic (exact) mass is 214 g/mol. The second kappa shape index (κ2) is 4.61. The van der Waals surface area contributed by atoms with Crippen LogP contribution in [0.4, 0.5) is 0 Å². The Kier molecular flexibility index (Phi) is 3.68. The first-order valence-electron chi connectivity index (χ1n) is 5.28. The van der Waals surface area contributed by atoms with Gasteiger partial charge in [0.25, 0.3) is 0 Å². The van der Waals surface area contributed by atoms with Crippen LogP contribution < -0.4 is 10.6 Å². The molecular weight excluding hydrogens is 196 g/mol. The summed E-state index contributed by atoms with van der Waals surface area (Å²) in [6.07, 6.45) is 2.13. The van der Waals surface area contributed by atoms with E-state index in [2.05, 4.69) is 10.6 Å².